The van der Waals surface area contributed by atoms with Crippen molar-refractivity contribution < 1.29 is 14.3 Å². The number of amides is 1. The van der Waals surface area contributed by atoms with Crippen LogP contribution in [0, 0.1) is 17.2 Å². The van der Waals surface area contributed by atoms with Crippen LogP contribution in [-0.2, 0) is 9.53 Å². The van der Waals surface area contributed by atoms with E-state index in [0.717, 1.165) is 6.42 Å². The number of benzene rings is 1. The average Bonchev–Trinajstić information content (AvgIpc) is 2.58. The van der Waals surface area contributed by atoms with E-state index >= 15 is 0 Å². The van der Waals surface area contributed by atoms with Crippen molar-refractivity contribution in [3.8, 4) is 11.8 Å². The quantitative estimate of drug-likeness (QED) is 0.738. The number of ether oxygens (including phenoxy) is 2. The van der Waals surface area contributed by atoms with E-state index in [1.165, 1.54) is 0 Å². The predicted molar refractivity (Wildman–Crippen MR) is 95.1 cm³/mol. The van der Waals surface area contributed by atoms with E-state index in [2.05, 4.69) is 11.4 Å². The second-order valence-corrected chi connectivity index (χ2v) is 6.41. The smallest absolute Gasteiger partial charge is 0.256 e. The van der Waals surface area contributed by atoms with Crippen molar-refractivity contribution in [2.45, 2.75) is 53.1 Å². The van der Waals surface area contributed by atoms with Gasteiger partial charge in [0.15, 0.2) is 0 Å². The molecule has 0 saturated carbocycles. The van der Waals surface area contributed by atoms with Gasteiger partial charge >= 0.3 is 0 Å². The van der Waals surface area contributed by atoms with Crippen LogP contribution in [-0.4, -0.2) is 24.7 Å². The minimum Gasteiger partial charge on any atom is -0.492 e. The van der Waals surface area contributed by atoms with Crippen molar-refractivity contribution >= 4 is 11.6 Å². The molecule has 24 heavy (non-hydrogen) atoms. The average molecular weight is 332 g/mol. The lowest BCUT2D eigenvalue weighted by Crippen LogP contribution is -2.42. The predicted octanol–water partition coefficient (Wildman–Crippen LogP) is 4.13. The van der Waals surface area contributed by atoms with E-state index in [9.17, 15) is 10.1 Å². The first-order valence-electron chi connectivity index (χ1n) is 8.48. The minimum atomic E-state index is -0.879. The van der Waals surface area contributed by atoms with Crippen molar-refractivity contribution in [3.63, 3.8) is 0 Å². The lowest BCUT2D eigenvalue weighted by atomic mass is 10.0. The Morgan fingerprint density at radius 2 is 2.08 bits per heavy atom. The molecule has 1 rings (SSSR count). The number of rotatable bonds is 9. The molecule has 5 nitrogen and oxygen atoms in total. The van der Waals surface area contributed by atoms with Crippen molar-refractivity contribution in [1.82, 2.24) is 0 Å². The molecule has 1 unspecified atom stereocenters. The summed E-state index contributed by atoms with van der Waals surface area (Å²) in [6.07, 6.45) is 1.42. The lowest BCUT2D eigenvalue weighted by Gasteiger charge is -2.27. The van der Waals surface area contributed by atoms with Crippen LogP contribution < -0.4 is 10.1 Å². The Morgan fingerprint density at radius 3 is 2.62 bits per heavy atom. The summed E-state index contributed by atoms with van der Waals surface area (Å²) in [5.41, 5.74) is 0.0877. The summed E-state index contributed by atoms with van der Waals surface area (Å²) in [5, 5.41) is 12.1. The van der Waals surface area contributed by atoms with E-state index in [1.54, 1.807) is 25.1 Å². The number of nitrogens with zero attached hydrogens (tertiary/aromatic N) is 1. The molecule has 5 heteroatoms. The minimum absolute atomic E-state index is 0.210. The topological polar surface area (TPSA) is 71.3 Å². The highest BCUT2D eigenvalue weighted by Crippen LogP contribution is 2.25. The summed E-state index contributed by atoms with van der Waals surface area (Å²) < 4.78 is 11.3. The third-order valence-electron chi connectivity index (χ3n) is 3.71. The van der Waals surface area contributed by atoms with Gasteiger partial charge in [0.25, 0.3) is 5.91 Å². The third kappa shape index (κ3) is 5.54. The van der Waals surface area contributed by atoms with E-state index in [4.69, 9.17) is 9.47 Å². The van der Waals surface area contributed by atoms with Crippen LogP contribution in [0.5, 0.6) is 5.75 Å². The summed E-state index contributed by atoms with van der Waals surface area (Å²) in [7, 11) is 0. The zero-order chi connectivity index (χ0) is 18.2. The van der Waals surface area contributed by atoms with Crippen LogP contribution in [0.15, 0.2) is 18.2 Å². The van der Waals surface area contributed by atoms with Gasteiger partial charge in [0.05, 0.1) is 12.2 Å². The summed E-state index contributed by atoms with van der Waals surface area (Å²) in [6.45, 7) is 10.9. The molecule has 0 aliphatic carbocycles. The molecule has 0 aromatic heterocycles. The van der Waals surface area contributed by atoms with Gasteiger partial charge in [-0.2, -0.15) is 5.26 Å². The highest BCUT2D eigenvalue weighted by atomic mass is 16.5. The molecular weight excluding hydrogens is 304 g/mol. The van der Waals surface area contributed by atoms with Gasteiger partial charge in [-0.3, -0.25) is 4.79 Å². The molecule has 1 atom stereocenters. The van der Waals surface area contributed by atoms with Crippen molar-refractivity contribution in [2.75, 3.05) is 18.5 Å². The molecule has 0 spiro atoms. The fraction of sp³-hybridized carbons (Fsp3) is 0.579. The van der Waals surface area contributed by atoms with Crippen LogP contribution in [0.3, 0.4) is 0 Å². The number of anilines is 1. The van der Waals surface area contributed by atoms with Crippen LogP contribution in [0.4, 0.5) is 5.69 Å². The molecule has 0 bridgehead atoms. The molecule has 0 aliphatic heterocycles. The SMILES string of the molecule is CCCOC(C)(CC)C(=O)Nc1ccc(OCC(C)C)c(C#N)c1. The molecule has 0 heterocycles. The normalized spacial score (nSPS) is 13.2. The van der Waals surface area contributed by atoms with Crippen molar-refractivity contribution in [3.05, 3.63) is 23.8 Å². The summed E-state index contributed by atoms with van der Waals surface area (Å²) >= 11 is 0. The maximum atomic E-state index is 12.5. The Bertz CT molecular complexity index is 593. The monoisotopic (exact) mass is 332 g/mol. The van der Waals surface area contributed by atoms with Gasteiger partial charge in [-0.25, -0.2) is 0 Å². The first-order valence-corrected chi connectivity index (χ1v) is 8.48. The Labute approximate surface area is 145 Å². The van der Waals surface area contributed by atoms with Crippen LogP contribution in [0.2, 0.25) is 0 Å². The molecule has 1 aromatic carbocycles. The first-order chi connectivity index (χ1) is 11.4. The molecule has 0 aliphatic rings. The van der Waals surface area contributed by atoms with E-state index in [1.807, 2.05) is 27.7 Å². The van der Waals surface area contributed by atoms with Gasteiger partial charge in [0.1, 0.15) is 17.4 Å². The standard InChI is InChI=1S/C19H28N2O3/c1-6-10-24-19(5,7-2)18(22)21-16-8-9-17(15(11-16)12-20)23-13-14(3)4/h8-9,11,14H,6-7,10,13H2,1-5H3,(H,21,22). The van der Waals surface area contributed by atoms with Gasteiger partial charge in [-0.15, -0.1) is 0 Å². The first kappa shape index (κ1) is 20.0. The van der Waals surface area contributed by atoms with Crippen molar-refractivity contribution in [2.24, 2.45) is 5.92 Å². The molecule has 132 valence electrons. The molecular formula is C19H28N2O3. The highest BCUT2D eigenvalue weighted by molar-refractivity contribution is 5.97. The molecule has 1 N–H and O–H groups in total. The Kier molecular flexibility index (Phi) is 7.73. The van der Waals surface area contributed by atoms with Gasteiger partial charge in [-0.05, 0) is 43.9 Å². The Hall–Kier alpha value is -2.06. The summed E-state index contributed by atoms with van der Waals surface area (Å²) in [6, 6.07) is 7.20. The van der Waals surface area contributed by atoms with Crippen LogP contribution in [0.25, 0.3) is 0 Å². The zero-order valence-corrected chi connectivity index (χ0v) is 15.3. The number of hydrogen-bond donors (Lipinski definition) is 1. The maximum absolute atomic E-state index is 12.5. The highest BCUT2D eigenvalue weighted by Gasteiger charge is 2.32. The number of hydrogen-bond acceptors (Lipinski definition) is 4. The maximum Gasteiger partial charge on any atom is 0.256 e. The Balaban J connectivity index is 2.87. The van der Waals surface area contributed by atoms with E-state index < -0.39 is 5.60 Å². The van der Waals surface area contributed by atoms with Crippen LogP contribution >= 0.6 is 0 Å². The molecule has 0 saturated heterocycles. The number of nitriles is 1. The lowest BCUT2D eigenvalue weighted by molar-refractivity contribution is -0.139. The van der Waals surface area contributed by atoms with E-state index in [0.29, 0.717) is 42.6 Å². The summed E-state index contributed by atoms with van der Waals surface area (Å²) in [5.74, 6) is 0.694. The summed E-state index contributed by atoms with van der Waals surface area (Å²) in [4.78, 5) is 12.5. The van der Waals surface area contributed by atoms with Crippen molar-refractivity contribution in [1.29, 1.82) is 5.26 Å². The second-order valence-electron chi connectivity index (χ2n) is 6.41. The Morgan fingerprint density at radius 1 is 1.38 bits per heavy atom. The second kappa shape index (κ2) is 9.29. The van der Waals surface area contributed by atoms with Gasteiger partial charge in [0, 0.05) is 12.3 Å². The molecule has 0 radical (unpaired) electrons. The molecule has 0 fully saturated rings. The number of carbonyl (C=O) groups is 1. The van der Waals surface area contributed by atoms with Gasteiger partial charge in [0.2, 0.25) is 0 Å². The largest absolute Gasteiger partial charge is 0.492 e. The molecule has 1 amide bonds. The van der Waals surface area contributed by atoms with Gasteiger partial charge < -0.3 is 14.8 Å². The van der Waals surface area contributed by atoms with Gasteiger partial charge in [-0.1, -0.05) is 27.7 Å². The third-order valence-corrected chi connectivity index (χ3v) is 3.71. The van der Waals surface area contributed by atoms with E-state index in [-0.39, 0.29) is 5.91 Å². The fourth-order valence-electron chi connectivity index (χ4n) is 2.00. The number of nitrogens with one attached hydrogen (secondary N) is 1. The van der Waals surface area contributed by atoms with Crippen LogP contribution in [0.1, 0.15) is 53.0 Å². The zero-order valence-electron chi connectivity index (χ0n) is 15.3. The fourth-order valence-corrected chi connectivity index (χ4v) is 2.00. The molecule has 1 aromatic rings. The number of carbonyl (C=O) groups excluding carboxylic acids is 1.